The topological polar surface area (TPSA) is 68.0 Å². The van der Waals surface area contributed by atoms with Crippen molar-refractivity contribution in [3.63, 3.8) is 0 Å². The Morgan fingerprint density at radius 3 is 3.04 bits per heavy atom. The summed E-state index contributed by atoms with van der Waals surface area (Å²) in [5.74, 6) is 2.15. The number of piperidine rings is 1. The molecule has 1 saturated carbocycles. The first-order chi connectivity index (χ1) is 12.8. The fourth-order valence-electron chi connectivity index (χ4n) is 4.27. The Kier molecular flexibility index (Phi) is 4.04. The second-order valence-corrected chi connectivity index (χ2v) is 7.89. The van der Waals surface area contributed by atoms with E-state index < -0.39 is 0 Å². The zero-order chi connectivity index (χ0) is 17.5. The Morgan fingerprint density at radius 1 is 1.27 bits per heavy atom. The van der Waals surface area contributed by atoms with Crippen molar-refractivity contribution in [1.29, 1.82) is 0 Å². The standard InChI is InChI=1S/C19H26N6O/c26-19(15-3-4-15)24-7-1-2-14(13-24)12-23-8-6-21-18(23)17-10-16-11-20-5-9-25(16)22-17/h6,8,10,14-15,20H,1-5,7,9,11-13H2. The van der Waals surface area contributed by atoms with Crippen molar-refractivity contribution in [2.75, 3.05) is 19.6 Å². The first-order valence-corrected chi connectivity index (χ1v) is 9.85. The summed E-state index contributed by atoms with van der Waals surface area (Å²) in [7, 11) is 0. The Hall–Kier alpha value is -2.15. The van der Waals surface area contributed by atoms with Gasteiger partial charge < -0.3 is 14.8 Å². The van der Waals surface area contributed by atoms with Gasteiger partial charge in [0.1, 0.15) is 5.69 Å². The number of hydrogen-bond donors (Lipinski definition) is 1. The van der Waals surface area contributed by atoms with Crippen LogP contribution < -0.4 is 5.32 Å². The van der Waals surface area contributed by atoms with Gasteiger partial charge in [0, 0.05) is 51.0 Å². The molecule has 1 amide bonds. The molecule has 7 heteroatoms. The van der Waals surface area contributed by atoms with Crippen LogP contribution in [0.4, 0.5) is 0 Å². The van der Waals surface area contributed by atoms with Crippen LogP contribution in [-0.4, -0.2) is 49.8 Å². The maximum Gasteiger partial charge on any atom is 0.225 e. The van der Waals surface area contributed by atoms with Crippen molar-refractivity contribution in [2.45, 2.75) is 45.3 Å². The Morgan fingerprint density at radius 2 is 2.19 bits per heavy atom. The van der Waals surface area contributed by atoms with Crippen LogP contribution in [0.5, 0.6) is 0 Å². The molecule has 0 aromatic carbocycles. The number of carbonyl (C=O) groups excluding carboxylic acids is 1. The average Bonchev–Trinajstić information content (AvgIpc) is 3.26. The number of likely N-dealkylation sites (tertiary alicyclic amines) is 1. The third-order valence-electron chi connectivity index (χ3n) is 5.83. The summed E-state index contributed by atoms with van der Waals surface area (Å²) in [4.78, 5) is 19.1. The van der Waals surface area contributed by atoms with Gasteiger partial charge in [-0.2, -0.15) is 5.10 Å². The maximum atomic E-state index is 12.4. The molecule has 3 aliphatic rings. The second-order valence-electron chi connectivity index (χ2n) is 7.89. The highest BCUT2D eigenvalue weighted by Gasteiger charge is 2.35. The predicted molar refractivity (Wildman–Crippen MR) is 97.2 cm³/mol. The summed E-state index contributed by atoms with van der Waals surface area (Å²) in [6, 6.07) is 2.15. The Bertz CT molecular complexity index is 781. The molecule has 1 unspecified atom stereocenters. The number of amides is 1. The van der Waals surface area contributed by atoms with Crippen LogP contribution in [0.2, 0.25) is 0 Å². The fraction of sp³-hybridized carbons (Fsp3) is 0.632. The first-order valence-electron chi connectivity index (χ1n) is 9.85. The third kappa shape index (κ3) is 3.05. The van der Waals surface area contributed by atoms with E-state index in [-0.39, 0.29) is 0 Å². The quantitative estimate of drug-likeness (QED) is 0.903. The van der Waals surface area contributed by atoms with Crippen molar-refractivity contribution in [1.82, 2.24) is 29.5 Å². The van der Waals surface area contributed by atoms with Crippen LogP contribution in [0.3, 0.4) is 0 Å². The number of nitrogens with one attached hydrogen (secondary N) is 1. The van der Waals surface area contributed by atoms with Crippen LogP contribution in [-0.2, 0) is 24.4 Å². The van der Waals surface area contributed by atoms with E-state index in [1.54, 1.807) is 0 Å². The number of carbonyl (C=O) groups is 1. The normalized spacial score (nSPS) is 23.1. The monoisotopic (exact) mass is 354 g/mol. The van der Waals surface area contributed by atoms with Crippen molar-refractivity contribution in [3.05, 3.63) is 24.2 Å². The van der Waals surface area contributed by atoms with Gasteiger partial charge in [0.2, 0.25) is 5.91 Å². The van der Waals surface area contributed by atoms with Gasteiger partial charge in [-0.3, -0.25) is 9.48 Å². The van der Waals surface area contributed by atoms with Gasteiger partial charge in [0.25, 0.3) is 0 Å². The van der Waals surface area contributed by atoms with Crippen LogP contribution in [0.1, 0.15) is 31.4 Å². The average molecular weight is 354 g/mol. The van der Waals surface area contributed by atoms with Crippen LogP contribution in [0.25, 0.3) is 11.5 Å². The molecule has 2 fully saturated rings. The number of nitrogens with zero attached hydrogens (tertiary/aromatic N) is 5. The molecular weight excluding hydrogens is 328 g/mol. The molecule has 1 aliphatic carbocycles. The smallest absolute Gasteiger partial charge is 0.225 e. The minimum atomic E-state index is 0.322. The van der Waals surface area contributed by atoms with E-state index in [0.717, 1.165) is 70.0 Å². The van der Waals surface area contributed by atoms with Gasteiger partial charge in [0.05, 0.1) is 12.2 Å². The zero-order valence-corrected chi connectivity index (χ0v) is 15.1. The molecule has 0 spiro atoms. The van der Waals surface area contributed by atoms with Gasteiger partial charge in [-0.25, -0.2) is 4.98 Å². The van der Waals surface area contributed by atoms with E-state index >= 15 is 0 Å². The van der Waals surface area contributed by atoms with Crippen LogP contribution in [0.15, 0.2) is 18.5 Å². The van der Waals surface area contributed by atoms with Gasteiger partial charge in [0.15, 0.2) is 5.82 Å². The summed E-state index contributed by atoms with van der Waals surface area (Å²) in [6.45, 7) is 5.48. The number of rotatable bonds is 4. The van der Waals surface area contributed by atoms with E-state index in [0.29, 0.717) is 17.7 Å². The first kappa shape index (κ1) is 16.1. The molecular formula is C19H26N6O. The molecule has 2 aliphatic heterocycles. The highest BCUT2D eigenvalue weighted by molar-refractivity contribution is 5.81. The minimum absolute atomic E-state index is 0.322. The molecule has 2 aromatic rings. The maximum absolute atomic E-state index is 12.4. The minimum Gasteiger partial charge on any atom is -0.342 e. The van der Waals surface area contributed by atoms with Gasteiger partial charge >= 0.3 is 0 Å². The lowest BCUT2D eigenvalue weighted by Crippen LogP contribution is -2.41. The van der Waals surface area contributed by atoms with Crippen molar-refractivity contribution < 1.29 is 4.79 Å². The van der Waals surface area contributed by atoms with E-state index in [9.17, 15) is 4.79 Å². The molecule has 1 N–H and O–H groups in total. The summed E-state index contributed by atoms with van der Waals surface area (Å²) in [5.41, 5.74) is 2.18. The van der Waals surface area contributed by atoms with Crippen molar-refractivity contribution in [2.24, 2.45) is 11.8 Å². The predicted octanol–water partition coefficient (Wildman–Crippen LogP) is 1.50. The number of hydrogen-bond acceptors (Lipinski definition) is 4. The third-order valence-corrected chi connectivity index (χ3v) is 5.83. The molecule has 26 heavy (non-hydrogen) atoms. The summed E-state index contributed by atoms with van der Waals surface area (Å²) >= 11 is 0. The molecule has 0 radical (unpaired) electrons. The molecule has 2 aromatic heterocycles. The van der Waals surface area contributed by atoms with E-state index in [4.69, 9.17) is 5.10 Å². The highest BCUT2D eigenvalue weighted by atomic mass is 16.2. The van der Waals surface area contributed by atoms with E-state index in [1.807, 2.05) is 12.4 Å². The van der Waals surface area contributed by atoms with Crippen molar-refractivity contribution in [3.8, 4) is 11.5 Å². The highest BCUT2D eigenvalue weighted by Crippen LogP contribution is 2.33. The number of fused-ring (bicyclic) bond motifs is 1. The van der Waals surface area contributed by atoms with E-state index in [2.05, 4.69) is 30.5 Å². The summed E-state index contributed by atoms with van der Waals surface area (Å²) < 4.78 is 4.30. The van der Waals surface area contributed by atoms with Crippen LogP contribution >= 0.6 is 0 Å². The SMILES string of the molecule is O=C(C1CC1)N1CCCC(Cn2ccnc2-c2cc3n(n2)CCNC3)C1. The number of imidazole rings is 1. The Labute approximate surface area is 153 Å². The largest absolute Gasteiger partial charge is 0.342 e. The van der Waals surface area contributed by atoms with Gasteiger partial charge in [-0.1, -0.05) is 0 Å². The van der Waals surface area contributed by atoms with Gasteiger partial charge in [-0.15, -0.1) is 0 Å². The molecule has 0 bridgehead atoms. The lowest BCUT2D eigenvalue weighted by atomic mass is 9.97. The number of aromatic nitrogens is 4. The Balaban J connectivity index is 1.31. The van der Waals surface area contributed by atoms with Gasteiger partial charge in [-0.05, 0) is 37.7 Å². The van der Waals surface area contributed by atoms with Crippen LogP contribution in [0, 0.1) is 11.8 Å². The molecule has 1 atom stereocenters. The molecule has 1 saturated heterocycles. The molecule has 5 rings (SSSR count). The second kappa shape index (κ2) is 6.54. The van der Waals surface area contributed by atoms with Crippen molar-refractivity contribution >= 4 is 5.91 Å². The molecule has 138 valence electrons. The van der Waals surface area contributed by atoms with E-state index in [1.165, 1.54) is 12.1 Å². The fourth-order valence-corrected chi connectivity index (χ4v) is 4.27. The molecule has 7 nitrogen and oxygen atoms in total. The lowest BCUT2D eigenvalue weighted by molar-refractivity contribution is -0.134. The summed E-state index contributed by atoms with van der Waals surface area (Å²) in [5, 5.41) is 8.13. The zero-order valence-electron chi connectivity index (χ0n) is 15.1. The molecule has 4 heterocycles. The summed E-state index contributed by atoms with van der Waals surface area (Å²) in [6.07, 6.45) is 8.37. The lowest BCUT2D eigenvalue weighted by Gasteiger charge is -2.33.